The first-order valence-corrected chi connectivity index (χ1v) is 5.29. The van der Waals surface area contributed by atoms with Gasteiger partial charge in [0.2, 0.25) is 5.91 Å². The molecule has 15 heavy (non-hydrogen) atoms. The molecule has 0 radical (unpaired) electrons. The molecule has 0 spiro atoms. The Morgan fingerprint density at radius 3 is 2.13 bits per heavy atom. The van der Waals surface area contributed by atoms with Gasteiger partial charge in [-0.3, -0.25) is 9.59 Å². The standard InChI is InChI=1S/C10H9Cl2NO2/c11-5-9(14)7-1-3-8(4-2-7)13-10(15)6-12/h1-4H,5-6H2,(H,13,15). The molecule has 0 fully saturated rings. The average Bonchev–Trinajstić information content (AvgIpc) is 2.29. The number of hydrogen-bond donors (Lipinski definition) is 1. The van der Waals surface area contributed by atoms with Crippen LogP contribution in [0.1, 0.15) is 10.4 Å². The van der Waals surface area contributed by atoms with Crippen molar-refractivity contribution in [2.75, 3.05) is 17.1 Å². The molecule has 0 aliphatic carbocycles. The van der Waals surface area contributed by atoms with E-state index in [1.165, 1.54) is 0 Å². The van der Waals surface area contributed by atoms with Crippen LogP contribution in [0.15, 0.2) is 24.3 Å². The summed E-state index contributed by atoms with van der Waals surface area (Å²) in [5, 5.41) is 2.56. The Kier molecular flexibility index (Phi) is 4.59. The fourth-order valence-electron chi connectivity index (χ4n) is 1.01. The number of Topliss-reactive ketones (excluding diaryl/α,β-unsaturated/α-hetero) is 1. The van der Waals surface area contributed by atoms with Crippen molar-refractivity contribution >= 4 is 40.6 Å². The fourth-order valence-corrected chi connectivity index (χ4v) is 1.23. The summed E-state index contributed by atoms with van der Waals surface area (Å²) in [7, 11) is 0. The summed E-state index contributed by atoms with van der Waals surface area (Å²) in [4.78, 5) is 22.1. The van der Waals surface area contributed by atoms with Gasteiger partial charge in [0.15, 0.2) is 5.78 Å². The van der Waals surface area contributed by atoms with Gasteiger partial charge in [0.25, 0.3) is 0 Å². The molecule has 0 heterocycles. The zero-order valence-corrected chi connectivity index (χ0v) is 9.31. The third kappa shape index (κ3) is 3.53. The van der Waals surface area contributed by atoms with Crippen molar-refractivity contribution in [2.45, 2.75) is 0 Å². The maximum atomic E-state index is 11.2. The summed E-state index contributed by atoms with van der Waals surface area (Å²) >= 11 is 10.7. The third-order valence-electron chi connectivity index (χ3n) is 1.73. The number of rotatable bonds is 4. The van der Waals surface area contributed by atoms with Gasteiger partial charge in [-0.15, -0.1) is 23.2 Å². The molecule has 0 aromatic heterocycles. The molecule has 5 heteroatoms. The zero-order valence-electron chi connectivity index (χ0n) is 7.80. The van der Waals surface area contributed by atoms with Crippen molar-refractivity contribution in [3.05, 3.63) is 29.8 Å². The summed E-state index contributed by atoms with van der Waals surface area (Å²) in [5.74, 6) is -0.574. The molecule has 1 amide bonds. The molecule has 0 unspecified atom stereocenters. The summed E-state index contributed by atoms with van der Waals surface area (Å²) < 4.78 is 0. The summed E-state index contributed by atoms with van der Waals surface area (Å²) in [6.45, 7) is 0. The highest BCUT2D eigenvalue weighted by Crippen LogP contribution is 2.10. The average molecular weight is 246 g/mol. The van der Waals surface area contributed by atoms with Crippen LogP contribution < -0.4 is 5.32 Å². The predicted molar refractivity (Wildman–Crippen MR) is 60.8 cm³/mol. The highest BCUT2D eigenvalue weighted by Gasteiger charge is 2.04. The maximum absolute atomic E-state index is 11.2. The minimum absolute atomic E-state index is 0.0482. The number of alkyl halides is 2. The van der Waals surface area contributed by atoms with E-state index in [0.29, 0.717) is 11.3 Å². The van der Waals surface area contributed by atoms with Crippen LogP contribution in [0.4, 0.5) is 5.69 Å². The van der Waals surface area contributed by atoms with Crippen LogP contribution in [0.5, 0.6) is 0 Å². The van der Waals surface area contributed by atoms with Crippen molar-refractivity contribution in [3.8, 4) is 0 Å². The molecule has 0 aliphatic heterocycles. The zero-order chi connectivity index (χ0) is 11.3. The van der Waals surface area contributed by atoms with Crippen molar-refractivity contribution in [1.29, 1.82) is 0 Å². The normalized spacial score (nSPS) is 9.73. The van der Waals surface area contributed by atoms with Crippen LogP contribution in [0, 0.1) is 0 Å². The van der Waals surface area contributed by atoms with E-state index in [2.05, 4.69) is 5.32 Å². The van der Waals surface area contributed by atoms with E-state index < -0.39 is 0 Å². The Labute approximate surface area is 97.4 Å². The van der Waals surface area contributed by atoms with Crippen molar-refractivity contribution < 1.29 is 9.59 Å². The van der Waals surface area contributed by atoms with E-state index >= 15 is 0 Å². The molecular formula is C10H9Cl2NO2. The molecule has 1 aromatic rings. The lowest BCUT2D eigenvalue weighted by Gasteiger charge is -2.03. The summed E-state index contributed by atoms with van der Waals surface area (Å²) in [6, 6.07) is 6.47. The van der Waals surface area contributed by atoms with Crippen LogP contribution in [-0.2, 0) is 4.79 Å². The quantitative estimate of drug-likeness (QED) is 0.654. The Hall–Kier alpha value is -1.06. The van der Waals surface area contributed by atoms with Gasteiger partial charge in [-0.1, -0.05) is 0 Å². The lowest BCUT2D eigenvalue weighted by atomic mass is 10.1. The topological polar surface area (TPSA) is 46.2 Å². The van der Waals surface area contributed by atoms with Gasteiger partial charge >= 0.3 is 0 Å². The molecule has 80 valence electrons. The highest BCUT2D eigenvalue weighted by atomic mass is 35.5. The highest BCUT2D eigenvalue weighted by molar-refractivity contribution is 6.30. The summed E-state index contributed by atoms with van der Waals surface area (Å²) in [5.41, 5.74) is 1.13. The van der Waals surface area contributed by atoms with Crippen molar-refractivity contribution in [3.63, 3.8) is 0 Å². The van der Waals surface area contributed by atoms with E-state index in [9.17, 15) is 9.59 Å². The van der Waals surface area contributed by atoms with E-state index in [4.69, 9.17) is 23.2 Å². The maximum Gasteiger partial charge on any atom is 0.239 e. The van der Waals surface area contributed by atoms with Gasteiger partial charge in [-0.25, -0.2) is 0 Å². The Bertz CT molecular complexity index is 362. The second-order valence-electron chi connectivity index (χ2n) is 2.82. The summed E-state index contributed by atoms with van der Waals surface area (Å²) in [6.07, 6.45) is 0. The lowest BCUT2D eigenvalue weighted by Crippen LogP contribution is -2.12. The molecule has 1 aromatic carbocycles. The number of amides is 1. The van der Waals surface area contributed by atoms with Crippen LogP contribution in [0.2, 0.25) is 0 Å². The van der Waals surface area contributed by atoms with E-state index in [-0.39, 0.29) is 23.5 Å². The van der Waals surface area contributed by atoms with E-state index in [1.807, 2.05) is 0 Å². The fraction of sp³-hybridized carbons (Fsp3) is 0.200. The molecule has 1 rings (SSSR count). The molecule has 0 aliphatic rings. The number of halogens is 2. The lowest BCUT2D eigenvalue weighted by molar-refractivity contribution is -0.113. The number of ketones is 1. The van der Waals surface area contributed by atoms with Gasteiger partial charge in [-0.05, 0) is 24.3 Å². The predicted octanol–water partition coefficient (Wildman–Crippen LogP) is 2.29. The number of hydrogen-bond acceptors (Lipinski definition) is 2. The molecule has 0 bridgehead atoms. The van der Waals surface area contributed by atoms with Gasteiger partial charge in [0.1, 0.15) is 5.88 Å². The number of nitrogens with one attached hydrogen (secondary N) is 1. The van der Waals surface area contributed by atoms with Crippen molar-refractivity contribution in [1.82, 2.24) is 0 Å². The first-order chi connectivity index (χ1) is 7.17. The van der Waals surface area contributed by atoms with E-state index in [1.54, 1.807) is 24.3 Å². The molecule has 0 saturated heterocycles. The Morgan fingerprint density at radius 2 is 1.67 bits per heavy atom. The first kappa shape index (κ1) is 12.0. The minimum atomic E-state index is -0.284. The largest absolute Gasteiger partial charge is 0.325 e. The Morgan fingerprint density at radius 1 is 1.07 bits per heavy atom. The van der Waals surface area contributed by atoms with Gasteiger partial charge < -0.3 is 5.32 Å². The minimum Gasteiger partial charge on any atom is -0.325 e. The second-order valence-corrected chi connectivity index (χ2v) is 3.35. The molecule has 1 N–H and O–H groups in total. The first-order valence-electron chi connectivity index (χ1n) is 4.22. The van der Waals surface area contributed by atoms with Crippen LogP contribution in [0.3, 0.4) is 0 Å². The van der Waals surface area contributed by atoms with Gasteiger partial charge in [0.05, 0.1) is 5.88 Å². The Balaban J connectivity index is 2.72. The van der Waals surface area contributed by atoms with Crippen LogP contribution >= 0.6 is 23.2 Å². The third-order valence-corrected chi connectivity index (χ3v) is 2.22. The monoisotopic (exact) mass is 245 g/mol. The molecular weight excluding hydrogens is 237 g/mol. The molecule has 0 atom stereocenters. The van der Waals surface area contributed by atoms with Crippen molar-refractivity contribution in [2.24, 2.45) is 0 Å². The van der Waals surface area contributed by atoms with Gasteiger partial charge in [0, 0.05) is 11.3 Å². The molecule has 0 saturated carbocycles. The molecule has 3 nitrogen and oxygen atoms in total. The van der Waals surface area contributed by atoms with E-state index in [0.717, 1.165) is 0 Å². The SMILES string of the molecule is O=C(CCl)Nc1ccc(C(=O)CCl)cc1. The number of carbonyl (C=O) groups is 2. The van der Waals surface area contributed by atoms with Crippen LogP contribution in [0.25, 0.3) is 0 Å². The number of anilines is 1. The number of carbonyl (C=O) groups excluding carboxylic acids is 2. The van der Waals surface area contributed by atoms with Crippen LogP contribution in [-0.4, -0.2) is 23.5 Å². The smallest absolute Gasteiger partial charge is 0.239 e. The second kappa shape index (κ2) is 5.73. The van der Waals surface area contributed by atoms with Gasteiger partial charge in [-0.2, -0.15) is 0 Å². The number of benzene rings is 1.